The summed E-state index contributed by atoms with van der Waals surface area (Å²) in [6, 6.07) is 4.45. The van der Waals surface area contributed by atoms with Gasteiger partial charge in [-0.3, -0.25) is 5.84 Å². The predicted octanol–water partition coefficient (Wildman–Crippen LogP) is 1.86. The topological polar surface area (TPSA) is 61.8 Å². The van der Waals surface area contributed by atoms with Crippen LogP contribution in [0.15, 0.2) is 18.2 Å². The Morgan fingerprint density at radius 2 is 1.93 bits per heavy atom. The van der Waals surface area contributed by atoms with Crippen LogP contribution in [0.2, 0.25) is 0 Å². The number of rotatable bonds is 1. The first-order chi connectivity index (χ1) is 6.47. The summed E-state index contributed by atoms with van der Waals surface area (Å²) in [7, 11) is 0. The van der Waals surface area contributed by atoms with Crippen molar-refractivity contribution in [2.75, 3.05) is 5.43 Å². The van der Waals surface area contributed by atoms with Crippen LogP contribution < -0.4 is 11.3 Å². The molecule has 0 aromatic heterocycles. The molecule has 0 fully saturated rings. The Morgan fingerprint density at radius 1 is 1.29 bits per heavy atom. The molecule has 3 nitrogen and oxygen atoms in total. The number of hydrazine groups is 1. The maximum atomic E-state index is 12.2. The van der Waals surface area contributed by atoms with E-state index in [1.807, 2.05) is 0 Å². The Hall–Kier alpha value is -1.74. The summed E-state index contributed by atoms with van der Waals surface area (Å²) in [5, 5.41) is 8.46. The number of nitrogen functional groups attached to an aromatic ring is 1. The molecule has 14 heavy (non-hydrogen) atoms. The van der Waals surface area contributed by atoms with Gasteiger partial charge in [-0.15, -0.1) is 0 Å². The quantitative estimate of drug-likeness (QED) is 0.538. The minimum absolute atomic E-state index is 0.0522. The zero-order valence-corrected chi connectivity index (χ0v) is 6.89. The third kappa shape index (κ3) is 2.14. The number of benzene rings is 1. The van der Waals surface area contributed by atoms with Crippen molar-refractivity contribution in [2.45, 2.75) is 6.18 Å². The first-order valence-corrected chi connectivity index (χ1v) is 3.56. The van der Waals surface area contributed by atoms with Gasteiger partial charge in [-0.25, -0.2) is 0 Å². The molecule has 0 aliphatic rings. The zero-order chi connectivity index (χ0) is 10.8. The largest absolute Gasteiger partial charge is 0.416 e. The molecule has 6 heteroatoms. The molecule has 0 heterocycles. The van der Waals surface area contributed by atoms with E-state index in [0.29, 0.717) is 0 Å². The SMILES string of the molecule is N#Cc1cc(NN)cc(C(F)(F)F)c1. The van der Waals surface area contributed by atoms with Gasteiger partial charge >= 0.3 is 6.18 Å². The van der Waals surface area contributed by atoms with Gasteiger partial charge in [-0.05, 0) is 18.2 Å². The molecule has 0 saturated carbocycles. The van der Waals surface area contributed by atoms with Crippen molar-refractivity contribution in [2.24, 2.45) is 5.84 Å². The molecule has 0 aliphatic heterocycles. The van der Waals surface area contributed by atoms with Gasteiger partial charge in [-0.2, -0.15) is 18.4 Å². The third-order valence-corrected chi connectivity index (χ3v) is 1.56. The van der Waals surface area contributed by atoms with Gasteiger partial charge in [0, 0.05) is 0 Å². The van der Waals surface area contributed by atoms with E-state index in [1.165, 1.54) is 6.07 Å². The van der Waals surface area contributed by atoms with Crippen LogP contribution in [-0.2, 0) is 6.18 Å². The lowest BCUT2D eigenvalue weighted by Gasteiger charge is -2.08. The summed E-state index contributed by atoms with van der Waals surface area (Å²) in [6.45, 7) is 0. The van der Waals surface area contributed by atoms with Gasteiger partial charge in [0.05, 0.1) is 22.9 Å². The van der Waals surface area contributed by atoms with Crippen LogP contribution in [0, 0.1) is 11.3 Å². The lowest BCUT2D eigenvalue weighted by Crippen LogP contribution is -2.10. The smallest absolute Gasteiger partial charge is 0.324 e. The maximum Gasteiger partial charge on any atom is 0.416 e. The molecule has 0 spiro atoms. The van der Waals surface area contributed by atoms with E-state index in [1.54, 1.807) is 6.07 Å². The molecule has 3 N–H and O–H groups in total. The maximum absolute atomic E-state index is 12.2. The van der Waals surface area contributed by atoms with E-state index < -0.39 is 11.7 Å². The highest BCUT2D eigenvalue weighted by Gasteiger charge is 2.31. The summed E-state index contributed by atoms with van der Waals surface area (Å²) >= 11 is 0. The first-order valence-electron chi connectivity index (χ1n) is 3.56. The number of hydrogen-bond acceptors (Lipinski definition) is 3. The van der Waals surface area contributed by atoms with E-state index in [9.17, 15) is 13.2 Å². The Kier molecular flexibility index (Phi) is 2.63. The van der Waals surface area contributed by atoms with E-state index in [-0.39, 0.29) is 11.3 Å². The predicted molar refractivity (Wildman–Crippen MR) is 44.0 cm³/mol. The molecule has 0 atom stereocenters. The van der Waals surface area contributed by atoms with Crippen molar-refractivity contribution in [3.8, 4) is 6.07 Å². The second-order valence-electron chi connectivity index (χ2n) is 2.55. The highest BCUT2D eigenvalue weighted by Crippen LogP contribution is 2.31. The molecule has 1 rings (SSSR count). The first kappa shape index (κ1) is 10.3. The molecular formula is C8H6F3N3. The van der Waals surface area contributed by atoms with Crippen molar-refractivity contribution in [1.29, 1.82) is 5.26 Å². The fourth-order valence-electron chi connectivity index (χ4n) is 0.939. The van der Waals surface area contributed by atoms with Gasteiger partial charge in [-0.1, -0.05) is 0 Å². The summed E-state index contributed by atoms with van der Waals surface area (Å²) < 4.78 is 36.7. The molecule has 0 bridgehead atoms. The fourth-order valence-corrected chi connectivity index (χ4v) is 0.939. The minimum atomic E-state index is -4.47. The van der Waals surface area contributed by atoms with Crippen LogP contribution in [0.5, 0.6) is 0 Å². The summed E-state index contributed by atoms with van der Waals surface area (Å²) in [5.41, 5.74) is 1.13. The molecule has 0 radical (unpaired) electrons. The number of nitrogens with two attached hydrogens (primary N) is 1. The molecule has 0 unspecified atom stereocenters. The molecule has 1 aromatic rings. The Balaban J connectivity index is 3.26. The van der Waals surface area contributed by atoms with Crippen LogP contribution >= 0.6 is 0 Å². The minimum Gasteiger partial charge on any atom is -0.324 e. The number of hydrogen-bond donors (Lipinski definition) is 2. The second-order valence-corrected chi connectivity index (χ2v) is 2.55. The van der Waals surface area contributed by atoms with Crippen LogP contribution in [0.25, 0.3) is 0 Å². The van der Waals surface area contributed by atoms with Crippen molar-refractivity contribution < 1.29 is 13.2 Å². The van der Waals surface area contributed by atoms with E-state index in [4.69, 9.17) is 11.1 Å². The monoisotopic (exact) mass is 201 g/mol. The standard InChI is InChI=1S/C8H6F3N3/c9-8(10,11)6-1-5(4-12)2-7(3-6)14-13/h1-3,14H,13H2. The van der Waals surface area contributed by atoms with Crippen molar-refractivity contribution >= 4 is 5.69 Å². The molecule has 0 saturated heterocycles. The van der Waals surface area contributed by atoms with Crippen molar-refractivity contribution in [3.63, 3.8) is 0 Å². The van der Waals surface area contributed by atoms with Crippen LogP contribution in [0.4, 0.5) is 18.9 Å². The summed E-state index contributed by atoms with van der Waals surface area (Å²) in [6.07, 6.45) is -4.47. The van der Waals surface area contributed by atoms with Gasteiger partial charge in [0.2, 0.25) is 0 Å². The molecule has 0 aliphatic carbocycles. The number of nitriles is 1. The number of halogens is 3. The van der Waals surface area contributed by atoms with E-state index >= 15 is 0 Å². The van der Waals surface area contributed by atoms with Crippen LogP contribution in [0.1, 0.15) is 11.1 Å². The average molecular weight is 201 g/mol. The van der Waals surface area contributed by atoms with Gasteiger partial charge in [0.1, 0.15) is 0 Å². The average Bonchev–Trinajstić information content (AvgIpc) is 2.15. The molecule has 74 valence electrons. The van der Waals surface area contributed by atoms with Gasteiger partial charge in [0.15, 0.2) is 0 Å². The number of alkyl halides is 3. The summed E-state index contributed by atoms with van der Waals surface area (Å²) in [4.78, 5) is 0. The third-order valence-electron chi connectivity index (χ3n) is 1.56. The summed E-state index contributed by atoms with van der Waals surface area (Å²) in [5.74, 6) is 4.96. The number of nitrogens with one attached hydrogen (secondary N) is 1. The number of anilines is 1. The normalized spacial score (nSPS) is 10.8. The number of nitrogens with zero attached hydrogens (tertiary/aromatic N) is 1. The zero-order valence-electron chi connectivity index (χ0n) is 6.89. The molecule has 1 aromatic carbocycles. The highest BCUT2D eigenvalue weighted by atomic mass is 19.4. The lowest BCUT2D eigenvalue weighted by molar-refractivity contribution is -0.137. The van der Waals surface area contributed by atoms with E-state index in [2.05, 4.69) is 5.43 Å². The van der Waals surface area contributed by atoms with Crippen LogP contribution in [-0.4, -0.2) is 0 Å². The lowest BCUT2D eigenvalue weighted by atomic mass is 10.1. The van der Waals surface area contributed by atoms with E-state index in [0.717, 1.165) is 12.1 Å². The second kappa shape index (κ2) is 3.55. The highest BCUT2D eigenvalue weighted by molar-refractivity contribution is 5.51. The molecule has 0 amide bonds. The Morgan fingerprint density at radius 3 is 2.36 bits per heavy atom. The van der Waals surface area contributed by atoms with Crippen molar-refractivity contribution in [3.05, 3.63) is 29.3 Å². The van der Waals surface area contributed by atoms with Gasteiger partial charge < -0.3 is 5.43 Å². The van der Waals surface area contributed by atoms with Gasteiger partial charge in [0.25, 0.3) is 0 Å². The fraction of sp³-hybridized carbons (Fsp3) is 0.125. The van der Waals surface area contributed by atoms with Crippen LogP contribution in [0.3, 0.4) is 0 Å². The molecular weight excluding hydrogens is 195 g/mol. The Labute approximate surface area is 77.9 Å². The van der Waals surface area contributed by atoms with Crippen molar-refractivity contribution in [1.82, 2.24) is 0 Å². The Bertz CT molecular complexity index is 378.